The zero-order chi connectivity index (χ0) is 22.7. The second kappa shape index (κ2) is 9.37. The van der Waals surface area contributed by atoms with Gasteiger partial charge in [-0.25, -0.2) is 4.79 Å². The van der Waals surface area contributed by atoms with Crippen LogP contribution in [0.25, 0.3) is 0 Å². The number of Topliss-reactive ketones (excluding diaryl/α,β-unsaturated/α-hetero) is 1. The summed E-state index contributed by atoms with van der Waals surface area (Å²) in [7, 11) is 1.28. The molecule has 1 N–H and O–H groups in total. The average Bonchev–Trinajstić information content (AvgIpc) is 2.73. The number of dihydropyridines is 1. The van der Waals surface area contributed by atoms with Crippen LogP contribution >= 0.6 is 0 Å². The van der Waals surface area contributed by atoms with Crippen LogP contribution in [0.5, 0.6) is 5.75 Å². The predicted octanol–water partition coefficient (Wildman–Crippen LogP) is 3.26. The third kappa shape index (κ3) is 4.22. The molecule has 0 bridgehead atoms. The van der Waals surface area contributed by atoms with E-state index < -0.39 is 23.8 Å². The van der Waals surface area contributed by atoms with Crippen LogP contribution < -0.4 is 10.1 Å². The lowest BCUT2D eigenvalue weighted by Gasteiger charge is -2.38. The Morgan fingerprint density at radius 3 is 2.58 bits per heavy atom. The fraction of sp³-hybridized carbons (Fsp3) is 0.458. The number of carbonyl (C=O) groups is 3. The van der Waals surface area contributed by atoms with Gasteiger partial charge in [-0.15, -0.1) is 0 Å². The first-order valence-electron chi connectivity index (χ1n) is 10.6. The summed E-state index contributed by atoms with van der Waals surface area (Å²) in [5, 5.41) is 3.24. The van der Waals surface area contributed by atoms with Crippen LogP contribution in [0.1, 0.15) is 45.6 Å². The molecule has 0 saturated carbocycles. The summed E-state index contributed by atoms with van der Waals surface area (Å²) in [6.45, 7) is 7.98. The van der Waals surface area contributed by atoms with Crippen molar-refractivity contribution in [3.05, 3.63) is 52.4 Å². The first-order chi connectivity index (χ1) is 14.8. The Kier molecular flexibility index (Phi) is 6.83. The summed E-state index contributed by atoms with van der Waals surface area (Å²) in [5.74, 6) is -2.54. The Balaban J connectivity index is 2.19. The van der Waals surface area contributed by atoms with Gasteiger partial charge in [0.1, 0.15) is 11.7 Å². The summed E-state index contributed by atoms with van der Waals surface area (Å²) in [6, 6.07) is 7.34. The largest absolute Gasteiger partial charge is 0.494 e. The molecule has 0 unspecified atom stereocenters. The van der Waals surface area contributed by atoms with Gasteiger partial charge in [0.2, 0.25) is 0 Å². The van der Waals surface area contributed by atoms with Gasteiger partial charge in [-0.05, 0) is 50.8 Å². The Hall–Kier alpha value is -3.09. The number of hydrogen-bond donors (Lipinski definition) is 1. The van der Waals surface area contributed by atoms with Crippen LogP contribution in [0, 0.1) is 11.8 Å². The number of rotatable bonds is 6. The molecular formula is C24H29NO6. The van der Waals surface area contributed by atoms with Gasteiger partial charge >= 0.3 is 11.9 Å². The van der Waals surface area contributed by atoms with E-state index in [1.54, 1.807) is 13.8 Å². The standard InChI is InChI=1S/C24H29NO6/c1-6-30-16-10-8-9-15(12-16)20-19(24(28)31-7-2)14(4)25-17-11-13(3)18(23(27)29-5)22(26)21(17)20/h8-10,12-13,18,20,25H,6-7,11H2,1-5H3/t13-,18-,20+/m1/s1. The summed E-state index contributed by atoms with van der Waals surface area (Å²) in [5.41, 5.74) is 2.88. The highest BCUT2D eigenvalue weighted by Crippen LogP contribution is 2.45. The molecular weight excluding hydrogens is 398 g/mol. The monoisotopic (exact) mass is 427 g/mol. The molecule has 0 fully saturated rings. The second-order valence-corrected chi connectivity index (χ2v) is 7.76. The van der Waals surface area contributed by atoms with Crippen molar-refractivity contribution in [2.24, 2.45) is 11.8 Å². The Labute approximate surface area is 182 Å². The van der Waals surface area contributed by atoms with E-state index in [0.717, 1.165) is 11.3 Å². The molecule has 1 aromatic carbocycles. The Morgan fingerprint density at radius 1 is 1.19 bits per heavy atom. The molecule has 3 rings (SSSR count). The molecule has 7 nitrogen and oxygen atoms in total. The molecule has 0 radical (unpaired) electrons. The minimum absolute atomic E-state index is 0.211. The molecule has 1 aliphatic carbocycles. The van der Waals surface area contributed by atoms with E-state index in [1.165, 1.54) is 7.11 Å². The van der Waals surface area contributed by atoms with Crippen molar-refractivity contribution in [2.75, 3.05) is 20.3 Å². The van der Waals surface area contributed by atoms with Crippen molar-refractivity contribution in [3.8, 4) is 5.75 Å². The van der Waals surface area contributed by atoms with E-state index in [9.17, 15) is 14.4 Å². The number of esters is 2. The molecule has 0 spiro atoms. The summed E-state index contributed by atoms with van der Waals surface area (Å²) in [6.07, 6.45) is 0.496. The minimum Gasteiger partial charge on any atom is -0.494 e. The topological polar surface area (TPSA) is 90.9 Å². The number of nitrogens with one attached hydrogen (secondary N) is 1. The Morgan fingerprint density at radius 2 is 1.94 bits per heavy atom. The first kappa shape index (κ1) is 22.6. The zero-order valence-corrected chi connectivity index (χ0v) is 18.6. The van der Waals surface area contributed by atoms with E-state index in [-0.39, 0.29) is 18.3 Å². The number of ether oxygens (including phenoxy) is 3. The number of allylic oxidation sites excluding steroid dienone is 3. The molecule has 3 atom stereocenters. The Bertz CT molecular complexity index is 961. The summed E-state index contributed by atoms with van der Waals surface area (Å²) in [4.78, 5) is 39.0. The van der Waals surface area contributed by atoms with Crippen LogP contribution in [-0.2, 0) is 23.9 Å². The molecule has 7 heteroatoms. The van der Waals surface area contributed by atoms with Gasteiger partial charge in [-0.1, -0.05) is 19.1 Å². The van der Waals surface area contributed by atoms with Gasteiger partial charge < -0.3 is 19.5 Å². The molecule has 1 heterocycles. The molecule has 31 heavy (non-hydrogen) atoms. The lowest BCUT2D eigenvalue weighted by atomic mass is 9.69. The second-order valence-electron chi connectivity index (χ2n) is 7.76. The van der Waals surface area contributed by atoms with Crippen LogP contribution in [0.4, 0.5) is 0 Å². The summed E-state index contributed by atoms with van der Waals surface area (Å²) < 4.78 is 15.9. The van der Waals surface area contributed by atoms with E-state index in [1.807, 2.05) is 38.1 Å². The van der Waals surface area contributed by atoms with Crippen molar-refractivity contribution < 1.29 is 28.6 Å². The average molecular weight is 427 g/mol. The number of ketones is 1. The quantitative estimate of drug-likeness (QED) is 0.550. The van der Waals surface area contributed by atoms with Crippen LogP contribution in [-0.4, -0.2) is 38.0 Å². The molecule has 0 aromatic heterocycles. The molecule has 1 aliphatic heterocycles. The van der Waals surface area contributed by atoms with E-state index >= 15 is 0 Å². The van der Waals surface area contributed by atoms with E-state index in [4.69, 9.17) is 14.2 Å². The van der Waals surface area contributed by atoms with Crippen molar-refractivity contribution in [1.29, 1.82) is 0 Å². The van der Waals surface area contributed by atoms with Crippen LogP contribution in [0.2, 0.25) is 0 Å². The highest BCUT2D eigenvalue weighted by atomic mass is 16.5. The predicted molar refractivity (Wildman–Crippen MR) is 114 cm³/mol. The smallest absolute Gasteiger partial charge is 0.336 e. The van der Waals surface area contributed by atoms with Crippen molar-refractivity contribution >= 4 is 17.7 Å². The molecule has 166 valence electrons. The van der Waals surface area contributed by atoms with Crippen LogP contribution in [0.15, 0.2) is 46.8 Å². The lowest BCUT2D eigenvalue weighted by Crippen LogP contribution is -2.43. The van der Waals surface area contributed by atoms with E-state index in [0.29, 0.717) is 35.6 Å². The number of carbonyl (C=O) groups excluding carboxylic acids is 3. The zero-order valence-electron chi connectivity index (χ0n) is 18.6. The van der Waals surface area contributed by atoms with Gasteiger partial charge in [0.15, 0.2) is 5.78 Å². The van der Waals surface area contributed by atoms with Gasteiger partial charge in [0, 0.05) is 22.9 Å². The molecule has 1 aromatic rings. The summed E-state index contributed by atoms with van der Waals surface area (Å²) >= 11 is 0. The van der Waals surface area contributed by atoms with Crippen molar-refractivity contribution in [2.45, 2.75) is 40.0 Å². The fourth-order valence-corrected chi connectivity index (χ4v) is 4.44. The van der Waals surface area contributed by atoms with Gasteiger partial charge in [0.25, 0.3) is 0 Å². The third-order valence-corrected chi connectivity index (χ3v) is 5.74. The first-order valence-corrected chi connectivity index (χ1v) is 10.6. The number of benzene rings is 1. The number of hydrogen-bond acceptors (Lipinski definition) is 7. The van der Waals surface area contributed by atoms with Crippen molar-refractivity contribution in [3.63, 3.8) is 0 Å². The maximum atomic E-state index is 13.6. The van der Waals surface area contributed by atoms with Gasteiger partial charge in [-0.2, -0.15) is 0 Å². The highest BCUT2D eigenvalue weighted by molar-refractivity contribution is 6.12. The molecule has 0 amide bonds. The fourth-order valence-electron chi connectivity index (χ4n) is 4.44. The highest BCUT2D eigenvalue weighted by Gasteiger charge is 2.47. The minimum atomic E-state index is -0.912. The SMILES string of the molecule is CCOC(=O)C1=C(C)NC2=C(C(=O)[C@H](C(=O)OC)[C@H](C)C2)[C@H]1c1cccc(OCC)c1. The number of methoxy groups -OCH3 is 1. The normalized spacial score (nSPS) is 23.1. The maximum Gasteiger partial charge on any atom is 0.336 e. The van der Waals surface area contributed by atoms with E-state index in [2.05, 4.69) is 5.32 Å². The lowest BCUT2D eigenvalue weighted by molar-refractivity contribution is -0.151. The van der Waals surface area contributed by atoms with Crippen molar-refractivity contribution in [1.82, 2.24) is 5.32 Å². The molecule has 2 aliphatic rings. The van der Waals surface area contributed by atoms with Gasteiger partial charge in [-0.3, -0.25) is 9.59 Å². The van der Waals surface area contributed by atoms with Gasteiger partial charge in [0.05, 0.1) is 25.9 Å². The third-order valence-electron chi connectivity index (χ3n) is 5.74. The van der Waals surface area contributed by atoms with Crippen LogP contribution in [0.3, 0.4) is 0 Å². The molecule has 0 saturated heterocycles. The maximum absolute atomic E-state index is 13.6.